The van der Waals surface area contributed by atoms with E-state index in [0.717, 1.165) is 4.90 Å². The maximum atomic E-state index is 11.4. The maximum Gasteiger partial charge on any atom is 0.338 e. The van der Waals surface area contributed by atoms with Crippen molar-refractivity contribution in [3.05, 3.63) is 51.7 Å². The minimum absolute atomic E-state index is 0.0730. The van der Waals surface area contributed by atoms with Gasteiger partial charge < -0.3 is 20.1 Å². The molecule has 0 N–H and O–H groups in total. The molecule has 0 saturated carbocycles. The fourth-order valence-electron chi connectivity index (χ4n) is 1.06. The smallest absolute Gasteiger partial charge is 0.338 e. The van der Waals surface area contributed by atoms with Crippen LogP contribution < -0.4 is 4.74 Å². The number of para-hydroxylation sites is 1. The van der Waals surface area contributed by atoms with Crippen LogP contribution in [0, 0.1) is 15.3 Å². The third-order valence-corrected chi connectivity index (χ3v) is 3.06. The molecule has 1 rings (SSSR count). The van der Waals surface area contributed by atoms with Gasteiger partial charge in [-0.25, -0.2) is 4.79 Å². The molecule has 0 saturated heterocycles. The fourth-order valence-corrected chi connectivity index (χ4v) is 1.92. The zero-order chi connectivity index (χ0) is 15.0. The quantitative estimate of drug-likeness (QED) is 0.212. The van der Waals surface area contributed by atoms with Gasteiger partial charge in [0, 0.05) is 16.5 Å². The Labute approximate surface area is 114 Å². The SMILES string of the molecule is C=C(C)C(=O)Oc1ccccc1[S+](C)C.O=[N+]([O-])[O-]. The molecule has 0 bridgehead atoms. The van der Waals surface area contributed by atoms with E-state index in [4.69, 9.17) is 20.1 Å². The molecule has 6 nitrogen and oxygen atoms in total. The first-order valence-corrected chi connectivity index (χ1v) is 7.15. The van der Waals surface area contributed by atoms with Gasteiger partial charge in [-0.1, -0.05) is 18.7 Å². The number of benzene rings is 1. The molecular formula is C12H15NO5S. The van der Waals surface area contributed by atoms with Gasteiger partial charge in [-0.3, -0.25) is 0 Å². The Bertz CT molecular complexity index is 469. The van der Waals surface area contributed by atoms with Crippen LogP contribution in [-0.4, -0.2) is 23.6 Å². The third-order valence-electron chi connectivity index (χ3n) is 1.84. The van der Waals surface area contributed by atoms with E-state index in [-0.39, 0.29) is 16.9 Å². The number of hydrogen-bond donors (Lipinski definition) is 0. The molecular weight excluding hydrogens is 270 g/mol. The van der Waals surface area contributed by atoms with E-state index < -0.39 is 5.09 Å². The van der Waals surface area contributed by atoms with E-state index in [2.05, 4.69) is 19.1 Å². The van der Waals surface area contributed by atoms with Crippen molar-refractivity contribution in [3.8, 4) is 5.75 Å². The molecule has 0 aliphatic heterocycles. The first-order valence-electron chi connectivity index (χ1n) is 5.11. The average Bonchev–Trinajstić information content (AvgIpc) is 2.28. The molecule has 19 heavy (non-hydrogen) atoms. The number of ether oxygens (including phenoxy) is 1. The second-order valence-corrected chi connectivity index (χ2v) is 5.73. The Hall–Kier alpha value is -2.02. The first-order chi connectivity index (χ1) is 8.75. The number of hydrogen-bond acceptors (Lipinski definition) is 5. The second kappa shape index (κ2) is 8.15. The van der Waals surface area contributed by atoms with Crippen LogP contribution in [0.15, 0.2) is 41.3 Å². The van der Waals surface area contributed by atoms with Crippen molar-refractivity contribution >= 4 is 16.9 Å². The summed E-state index contributed by atoms with van der Waals surface area (Å²) in [6.45, 7) is 5.19. The van der Waals surface area contributed by atoms with E-state index in [0.29, 0.717) is 11.3 Å². The summed E-state index contributed by atoms with van der Waals surface area (Å²) in [7, 11) is 0.0730. The van der Waals surface area contributed by atoms with Gasteiger partial charge >= 0.3 is 5.97 Å². The number of nitrogens with zero attached hydrogens (tertiary/aromatic N) is 1. The summed E-state index contributed by atoms with van der Waals surface area (Å²) in [6, 6.07) is 7.59. The largest absolute Gasteiger partial charge is 0.418 e. The summed E-state index contributed by atoms with van der Waals surface area (Å²) >= 11 is 0. The highest BCUT2D eigenvalue weighted by molar-refractivity contribution is 7.95. The summed E-state index contributed by atoms with van der Waals surface area (Å²) in [5, 5.41) is 14.8. The molecule has 0 fully saturated rings. The zero-order valence-electron chi connectivity index (χ0n) is 10.9. The predicted molar refractivity (Wildman–Crippen MR) is 74.7 cm³/mol. The van der Waals surface area contributed by atoms with E-state index in [1.807, 2.05) is 24.3 Å². The van der Waals surface area contributed by atoms with Gasteiger partial charge in [0.1, 0.15) is 12.5 Å². The fraction of sp³-hybridized carbons (Fsp3) is 0.250. The first kappa shape index (κ1) is 17.0. The van der Waals surface area contributed by atoms with Gasteiger partial charge in [0.15, 0.2) is 10.6 Å². The highest BCUT2D eigenvalue weighted by atomic mass is 32.2. The molecule has 0 aliphatic rings. The predicted octanol–water partition coefficient (Wildman–Crippen LogP) is 2.17. The summed E-state index contributed by atoms with van der Waals surface area (Å²) in [6.07, 6.45) is 4.18. The van der Waals surface area contributed by atoms with Crippen molar-refractivity contribution in [2.45, 2.75) is 11.8 Å². The lowest BCUT2D eigenvalue weighted by molar-refractivity contribution is -0.402. The number of esters is 1. The molecule has 1 aromatic rings. The van der Waals surface area contributed by atoms with Gasteiger partial charge in [0.05, 0.1) is 5.09 Å². The Kier molecular flexibility index (Phi) is 7.28. The van der Waals surface area contributed by atoms with Crippen LogP contribution in [0.25, 0.3) is 0 Å². The van der Waals surface area contributed by atoms with Crippen LogP contribution in [0.1, 0.15) is 6.92 Å². The number of carbonyl (C=O) groups is 1. The van der Waals surface area contributed by atoms with Crippen molar-refractivity contribution in [2.75, 3.05) is 12.5 Å². The molecule has 0 atom stereocenters. The minimum atomic E-state index is -1.75. The Morgan fingerprint density at radius 3 is 2.21 bits per heavy atom. The van der Waals surface area contributed by atoms with Gasteiger partial charge in [-0.15, -0.1) is 0 Å². The van der Waals surface area contributed by atoms with Gasteiger partial charge in [0.25, 0.3) is 0 Å². The third kappa shape index (κ3) is 7.10. The molecule has 0 heterocycles. The van der Waals surface area contributed by atoms with Gasteiger partial charge in [0.2, 0.25) is 0 Å². The van der Waals surface area contributed by atoms with Gasteiger partial charge in [-0.2, -0.15) is 0 Å². The molecule has 7 heteroatoms. The standard InChI is InChI=1S/C12H15O2S.NO3/c1-9(2)12(13)14-10-7-5-6-8-11(10)15(3)4;2-1(3)4/h5-8H,1H2,2-4H3;/q+1;-1. The van der Waals surface area contributed by atoms with Crippen molar-refractivity contribution in [3.63, 3.8) is 0 Å². The van der Waals surface area contributed by atoms with Crippen LogP contribution in [0.5, 0.6) is 5.75 Å². The van der Waals surface area contributed by atoms with E-state index >= 15 is 0 Å². The maximum absolute atomic E-state index is 11.4. The molecule has 0 unspecified atom stereocenters. The molecule has 0 aromatic heterocycles. The summed E-state index contributed by atoms with van der Waals surface area (Å²) in [5.41, 5.74) is 0.414. The normalized spacial score (nSPS) is 9.26. The Morgan fingerprint density at radius 1 is 1.32 bits per heavy atom. The summed E-state index contributed by atoms with van der Waals surface area (Å²) in [4.78, 5) is 20.7. The number of carbonyl (C=O) groups excluding carboxylic acids is 1. The van der Waals surface area contributed by atoms with E-state index in [1.54, 1.807) is 6.92 Å². The van der Waals surface area contributed by atoms with Crippen molar-refractivity contribution in [1.29, 1.82) is 0 Å². The van der Waals surface area contributed by atoms with Crippen LogP contribution in [0.4, 0.5) is 0 Å². The Morgan fingerprint density at radius 2 is 1.79 bits per heavy atom. The molecule has 1 aromatic carbocycles. The van der Waals surface area contributed by atoms with Crippen molar-refractivity contribution < 1.29 is 14.6 Å². The van der Waals surface area contributed by atoms with Crippen LogP contribution >= 0.6 is 0 Å². The van der Waals surface area contributed by atoms with E-state index in [9.17, 15) is 4.79 Å². The van der Waals surface area contributed by atoms with Crippen molar-refractivity contribution in [2.24, 2.45) is 0 Å². The highest BCUT2D eigenvalue weighted by Crippen LogP contribution is 2.23. The lowest BCUT2D eigenvalue weighted by Gasteiger charge is -2.06. The van der Waals surface area contributed by atoms with Crippen LogP contribution in [-0.2, 0) is 15.7 Å². The lowest BCUT2D eigenvalue weighted by Crippen LogP contribution is -2.10. The molecule has 0 spiro atoms. The highest BCUT2D eigenvalue weighted by Gasteiger charge is 2.17. The van der Waals surface area contributed by atoms with Crippen molar-refractivity contribution in [1.82, 2.24) is 0 Å². The van der Waals surface area contributed by atoms with Gasteiger partial charge in [-0.05, 0) is 19.1 Å². The van der Waals surface area contributed by atoms with Crippen LogP contribution in [0.2, 0.25) is 0 Å². The van der Waals surface area contributed by atoms with Crippen LogP contribution in [0.3, 0.4) is 0 Å². The van der Waals surface area contributed by atoms with E-state index in [1.165, 1.54) is 0 Å². The lowest BCUT2D eigenvalue weighted by atomic mass is 10.3. The Balaban J connectivity index is 0.000000711. The number of rotatable bonds is 3. The molecule has 0 radical (unpaired) electrons. The molecule has 104 valence electrons. The zero-order valence-corrected chi connectivity index (χ0v) is 11.7. The summed E-state index contributed by atoms with van der Waals surface area (Å²) in [5.74, 6) is 0.270. The monoisotopic (exact) mass is 285 g/mol. The second-order valence-electron chi connectivity index (χ2n) is 3.66. The topological polar surface area (TPSA) is 92.5 Å². The molecule has 0 amide bonds. The summed E-state index contributed by atoms with van der Waals surface area (Å²) < 4.78 is 5.24. The minimum Gasteiger partial charge on any atom is -0.418 e. The molecule has 0 aliphatic carbocycles. The average molecular weight is 285 g/mol.